The van der Waals surface area contributed by atoms with Crippen molar-refractivity contribution in [2.24, 2.45) is 16.7 Å². The summed E-state index contributed by atoms with van der Waals surface area (Å²) in [6.07, 6.45) is 5.15. The molecule has 0 aliphatic heterocycles. The monoisotopic (exact) mass is 736 g/mol. The number of hydrogen-bond acceptors (Lipinski definition) is 11. The normalized spacial score (nSPS) is 11.2. The molecule has 0 aliphatic rings. The van der Waals surface area contributed by atoms with Crippen LogP contribution < -0.4 is 0 Å². The number of hydrogen-bond donors (Lipinski definition) is 1. The minimum Gasteiger partial charge on any atom is -0.481 e. The number of esters is 5. The van der Waals surface area contributed by atoms with Crippen molar-refractivity contribution in [3.8, 4) is 0 Å². The highest BCUT2D eigenvalue weighted by molar-refractivity contribution is 5.86. The lowest BCUT2D eigenvalue weighted by molar-refractivity contribution is -0.159. The van der Waals surface area contributed by atoms with E-state index in [0.717, 1.165) is 31.2 Å². The summed E-state index contributed by atoms with van der Waals surface area (Å²) < 4.78 is 25.1. The SMILES string of the molecule is C=C(C)C(=O)OCCCC(=O)OCCOC(=O)C(C)(C)CC.CCC(C)(C)C(=O)OCc1ccccc1.CCC(C)C(=O)OCCCCCC(=O)O. The van der Waals surface area contributed by atoms with Crippen molar-refractivity contribution in [1.82, 2.24) is 0 Å². The third kappa shape index (κ3) is 25.7. The smallest absolute Gasteiger partial charge is 0.333 e. The van der Waals surface area contributed by atoms with E-state index in [9.17, 15) is 28.8 Å². The Morgan fingerprint density at radius 3 is 1.75 bits per heavy atom. The molecule has 0 heterocycles. The number of carbonyl (C=O) groups excluding carboxylic acids is 5. The van der Waals surface area contributed by atoms with Gasteiger partial charge in [0.1, 0.15) is 19.8 Å². The van der Waals surface area contributed by atoms with Crippen LogP contribution in [0.2, 0.25) is 0 Å². The number of ether oxygens (including phenoxy) is 5. The number of carboxylic acid groups (broad SMARTS) is 1. The molecule has 0 bridgehead atoms. The lowest BCUT2D eigenvalue weighted by Crippen LogP contribution is -2.27. The summed E-state index contributed by atoms with van der Waals surface area (Å²) in [6, 6.07) is 9.72. The molecule has 12 heteroatoms. The highest BCUT2D eigenvalue weighted by atomic mass is 16.6. The maximum atomic E-state index is 11.7. The van der Waals surface area contributed by atoms with Gasteiger partial charge in [-0.3, -0.25) is 24.0 Å². The zero-order valence-electron chi connectivity index (χ0n) is 33.0. The molecule has 0 aromatic heterocycles. The van der Waals surface area contributed by atoms with Crippen LogP contribution in [0.1, 0.15) is 126 Å². The highest BCUT2D eigenvalue weighted by Gasteiger charge is 2.27. The van der Waals surface area contributed by atoms with Gasteiger partial charge in [-0.05, 0) is 85.1 Å². The van der Waals surface area contributed by atoms with Crippen LogP contribution in [0.5, 0.6) is 0 Å². The molecule has 0 radical (unpaired) electrons. The molecule has 1 N–H and O–H groups in total. The predicted molar refractivity (Wildman–Crippen MR) is 198 cm³/mol. The zero-order chi connectivity index (χ0) is 40.2. The molecular weight excluding hydrogens is 672 g/mol. The molecular formula is C40H64O12. The zero-order valence-corrected chi connectivity index (χ0v) is 33.0. The molecule has 1 unspecified atom stereocenters. The van der Waals surface area contributed by atoms with Crippen molar-refractivity contribution in [1.29, 1.82) is 0 Å². The Labute approximate surface area is 310 Å². The Morgan fingerprint density at radius 2 is 1.23 bits per heavy atom. The molecule has 0 spiro atoms. The fraction of sp³-hybridized carbons (Fsp3) is 0.650. The fourth-order valence-corrected chi connectivity index (χ4v) is 3.31. The molecule has 0 fully saturated rings. The fourth-order valence-electron chi connectivity index (χ4n) is 3.31. The van der Waals surface area contributed by atoms with Crippen LogP contribution in [-0.2, 0) is 59.1 Å². The second kappa shape index (κ2) is 28.4. The molecule has 0 saturated heterocycles. The molecule has 12 nitrogen and oxygen atoms in total. The van der Waals surface area contributed by atoms with Crippen molar-refractivity contribution in [2.75, 3.05) is 26.4 Å². The summed E-state index contributed by atoms with van der Waals surface area (Å²) >= 11 is 0. The van der Waals surface area contributed by atoms with E-state index in [4.69, 9.17) is 28.8 Å². The van der Waals surface area contributed by atoms with Crippen LogP contribution in [0.4, 0.5) is 0 Å². The van der Waals surface area contributed by atoms with Crippen molar-refractivity contribution in [3.63, 3.8) is 0 Å². The van der Waals surface area contributed by atoms with E-state index in [1.807, 2.05) is 71.9 Å². The van der Waals surface area contributed by atoms with Gasteiger partial charge in [0, 0.05) is 18.4 Å². The third-order valence-corrected chi connectivity index (χ3v) is 8.07. The lowest BCUT2D eigenvalue weighted by Gasteiger charge is -2.20. The first-order valence-electron chi connectivity index (χ1n) is 18.1. The summed E-state index contributed by atoms with van der Waals surface area (Å²) in [5.74, 6) is -2.30. The van der Waals surface area contributed by atoms with Crippen LogP contribution in [0, 0.1) is 16.7 Å². The second-order valence-electron chi connectivity index (χ2n) is 13.6. The van der Waals surface area contributed by atoms with E-state index in [0.29, 0.717) is 38.0 Å². The minimum absolute atomic E-state index is 0.0237. The molecule has 52 heavy (non-hydrogen) atoms. The number of aliphatic carboxylic acids is 1. The van der Waals surface area contributed by atoms with Crippen LogP contribution in [0.15, 0.2) is 42.5 Å². The van der Waals surface area contributed by atoms with Gasteiger partial charge >= 0.3 is 35.8 Å². The molecule has 1 aromatic rings. The molecule has 1 atom stereocenters. The minimum atomic E-state index is -0.772. The molecule has 1 aromatic carbocycles. The summed E-state index contributed by atoms with van der Waals surface area (Å²) in [6.45, 7) is 21.1. The summed E-state index contributed by atoms with van der Waals surface area (Å²) in [4.78, 5) is 67.2. The Bertz CT molecular complexity index is 1220. The van der Waals surface area contributed by atoms with Gasteiger partial charge < -0.3 is 28.8 Å². The van der Waals surface area contributed by atoms with Gasteiger partial charge in [0.2, 0.25) is 0 Å². The number of rotatable bonds is 22. The first-order chi connectivity index (χ1) is 24.3. The third-order valence-electron chi connectivity index (χ3n) is 8.07. The van der Waals surface area contributed by atoms with Crippen LogP contribution >= 0.6 is 0 Å². The van der Waals surface area contributed by atoms with E-state index in [1.165, 1.54) is 0 Å². The molecule has 1 rings (SSSR count). The van der Waals surface area contributed by atoms with Gasteiger partial charge in [0.15, 0.2) is 0 Å². The topological polar surface area (TPSA) is 169 Å². The lowest BCUT2D eigenvalue weighted by atomic mass is 9.91. The van der Waals surface area contributed by atoms with E-state index in [-0.39, 0.29) is 61.9 Å². The Morgan fingerprint density at radius 1 is 0.692 bits per heavy atom. The summed E-state index contributed by atoms with van der Waals surface area (Å²) in [5.41, 5.74) is 0.434. The van der Waals surface area contributed by atoms with E-state index < -0.39 is 23.3 Å². The second-order valence-corrected chi connectivity index (χ2v) is 13.6. The van der Waals surface area contributed by atoms with Gasteiger partial charge in [-0.25, -0.2) is 4.79 Å². The molecule has 0 amide bonds. The van der Waals surface area contributed by atoms with E-state index in [1.54, 1.807) is 20.8 Å². The van der Waals surface area contributed by atoms with Crippen molar-refractivity contribution >= 4 is 35.8 Å². The largest absolute Gasteiger partial charge is 0.481 e. The summed E-state index contributed by atoms with van der Waals surface area (Å²) in [5, 5.41) is 8.38. The number of carbonyl (C=O) groups is 6. The van der Waals surface area contributed by atoms with Gasteiger partial charge in [0.05, 0.1) is 30.0 Å². The Kier molecular flexibility index (Phi) is 27.2. The number of benzene rings is 1. The molecule has 0 aliphatic carbocycles. The summed E-state index contributed by atoms with van der Waals surface area (Å²) in [7, 11) is 0. The van der Waals surface area contributed by atoms with Crippen molar-refractivity contribution < 1.29 is 57.6 Å². The van der Waals surface area contributed by atoms with Crippen molar-refractivity contribution in [3.05, 3.63) is 48.0 Å². The molecule has 0 saturated carbocycles. The van der Waals surface area contributed by atoms with Crippen LogP contribution in [0.25, 0.3) is 0 Å². The quantitative estimate of drug-likeness (QED) is 0.0531. The maximum absolute atomic E-state index is 11.7. The average Bonchev–Trinajstić information content (AvgIpc) is 3.12. The Hall–Kier alpha value is -4.22. The number of carboxylic acids is 1. The van der Waals surface area contributed by atoms with Gasteiger partial charge in [-0.2, -0.15) is 0 Å². The standard InChI is InChI=1S/C16H26O6.C13H18O2.C11H20O4/c1-6-16(4,5)15(19)22-11-10-20-13(17)8-7-9-21-14(18)12(2)3;1-4-13(2,3)12(14)15-10-11-8-6-5-7-9-11;1-3-9(2)11(14)15-8-6-4-5-7-10(12)13/h2,6-11H2,1,3-5H3;5-9H,4,10H2,1-3H3;9H,3-8H2,1-2H3,(H,12,13). The van der Waals surface area contributed by atoms with Gasteiger partial charge in [-0.15, -0.1) is 0 Å². The molecule has 296 valence electrons. The first kappa shape index (κ1) is 49.9. The van der Waals surface area contributed by atoms with Gasteiger partial charge in [-0.1, -0.05) is 64.6 Å². The average molecular weight is 737 g/mol. The number of unbranched alkanes of at least 4 members (excludes halogenated alkanes) is 2. The maximum Gasteiger partial charge on any atom is 0.333 e. The van der Waals surface area contributed by atoms with Gasteiger partial charge in [0.25, 0.3) is 0 Å². The van der Waals surface area contributed by atoms with Crippen LogP contribution in [-0.4, -0.2) is 67.3 Å². The van der Waals surface area contributed by atoms with Crippen molar-refractivity contribution in [2.45, 2.75) is 127 Å². The van der Waals surface area contributed by atoms with Crippen LogP contribution in [0.3, 0.4) is 0 Å². The highest BCUT2D eigenvalue weighted by Crippen LogP contribution is 2.22. The predicted octanol–water partition coefficient (Wildman–Crippen LogP) is 7.80. The van der Waals surface area contributed by atoms with E-state index in [2.05, 4.69) is 6.58 Å². The Balaban J connectivity index is 0. The van der Waals surface area contributed by atoms with E-state index >= 15 is 0 Å². The first-order valence-corrected chi connectivity index (χ1v) is 18.1.